The summed E-state index contributed by atoms with van der Waals surface area (Å²) in [7, 11) is -1.54. The predicted octanol–water partition coefficient (Wildman–Crippen LogP) is -1.43. The van der Waals surface area contributed by atoms with E-state index in [-0.39, 0.29) is 24.9 Å². The second-order valence-electron chi connectivity index (χ2n) is 7.02. The van der Waals surface area contributed by atoms with Gasteiger partial charge in [-0.05, 0) is 39.3 Å². The lowest BCUT2D eigenvalue weighted by Gasteiger charge is -2.32. The quantitative estimate of drug-likeness (QED) is 0.429. The van der Waals surface area contributed by atoms with Crippen LogP contribution in [0.3, 0.4) is 0 Å². The van der Waals surface area contributed by atoms with Crippen LogP contribution in [0.25, 0.3) is 0 Å². The number of hydrogen-bond acceptors (Lipinski definition) is 7. The third kappa shape index (κ3) is 4.00. The number of urea groups is 1. The van der Waals surface area contributed by atoms with Gasteiger partial charge in [-0.15, -0.1) is 4.28 Å². The van der Waals surface area contributed by atoms with E-state index in [1.165, 1.54) is 11.9 Å². The Kier molecular flexibility index (Phi) is 5.29. The number of fused-ring (bicyclic) bond motifs is 2. The van der Waals surface area contributed by atoms with Gasteiger partial charge >= 0.3 is 16.4 Å². The maximum absolute atomic E-state index is 12.6. The minimum absolute atomic E-state index is 0.0927. The molecular formula is C14H23N5O7S. The fraction of sp³-hybridized carbons (Fsp3) is 0.786. The van der Waals surface area contributed by atoms with Crippen LogP contribution < -0.4 is 5.43 Å². The van der Waals surface area contributed by atoms with E-state index in [1.807, 2.05) is 11.9 Å². The summed E-state index contributed by atoms with van der Waals surface area (Å²) < 4.78 is 34.9. The first-order chi connectivity index (χ1) is 12.6. The molecule has 0 spiro atoms. The van der Waals surface area contributed by atoms with Gasteiger partial charge in [-0.1, -0.05) is 0 Å². The molecule has 27 heavy (non-hydrogen) atoms. The molecule has 0 aromatic carbocycles. The van der Waals surface area contributed by atoms with Crippen LogP contribution in [0.4, 0.5) is 4.79 Å². The fourth-order valence-electron chi connectivity index (χ4n) is 3.84. The molecule has 152 valence electrons. The van der Waals surface area contributed by atoms with Gasteiger partial charge in [-0.2, -0.15) is 13.5 Å². The number of piperidine rings is 1. The first kappa shape index (κ1) is 19.8. The smallest absolute Gasteiger partial charge is 0.309 e. The topological polar surface area (TPSA) is 140 Å². The Morgan fingerprint density at radius 1 is 1.26 bits per heavy atom. The Morgan fingerprint density at radius 3 is 2.56 bits per heavy atom. The number of amides is 4. The number of carbonyl (C=O) groups excluding carboxylic acids is 3. The van der Waals surface area contributed by atoms with Gasteiger partial charge in [-0.25, -0.2) is 4.79 Å². The highest BCUT2D eigenvalue weighted by Crippen LogP contribution is 2.30. The summed E-state index contributed by atoms with van der Waals surface area (Å²) in [6.07, 6.45) is 2.22. The molecule has 3 saturated heterocycles. The Balaban J connectivity index is 1.63. The largest absolute Gasteiger partial charge is 0.418 e. The zero-order valence-corrected chi connectivity index (χ0v) is 15.9. The average molecular weight is 405 g/mol. The third-order valence-electron chi connectivity index (χ3n) is 5.21. The number of hydrazine groups is 1. The van der Waals surface area contributed by atoms with Crippen molar-refractivity contribution in [1.82, 2.24) is 25.3 Å². The van der Waals surface area contributed by atoms with Crippen LogP contribution in [0, 0.1) is 0 Å². The van der Waals surface area contributed by atoms with E-state index in [9.17, 15) is 22.8 Å². The molecule has 0 saturated carbocycles. The normalized spacial score (nSPS) is 28.6. The van der Waals surface area contributed by atoms with Gasteiger partial charge in [0.05, 0.1) is 12.1 Å². The van der Waals surface area contributed by atoms with E-state index >= 15 is 0 Å². The Bertz CT molecular complexity index is 744. The molecule has 2 N–H and O–H groups in total. The van der Waals surface area contributed by atoms with Crippen LogP contribution in [0.1, 0.15) is 25.7 Å². The van der Waals surface area contributed by atoms with Gasteiger partial charge in [0.1, 0.15) is 6.04 Å². The van der Waals surface area contributed by atoms with Gasteiger partial charge in [0.25, 0.3) is 11.8 Å². The van der Waals surface area contributed by atoms with Crippen molar-refractivity contribution in [3.05, 3.63) is 0 Å². The van der Waals surface area contributed by atoms with Gasteiger partial charge in [0, 0.05) is 13.6 Å². The van der Waals surface area contributed by atoms with Gasteiger partial charge in [0.15, 0.2) is 0 Å². The highest BCUT2D eigenvalue weighted by atomic mass is 32.3. The Labute approximate surface area is 156 Å². The molecule has 0 aromatic rings. The molecule has 0 radical (unpaired) electrons. The van der Waals surface area contributed by atoms with Crippen molar-refractivity contribution >= 4 is 28.2 Å². The van der Waals surface area contributed by atoms with E-state index in [0.29, 0.717) is 17.9 Å². The molecular weight excluding hydrogens is 382 g/mol. The zero-order chi connectivity index (χ0) is 19.9. The first-order valence-corrected chi connectivity index (χ1v) is 10.00. The van der Waals surface area contributed by atoms with Gasteiger partial charge in [-0.3, -0.25) is 29.5 Å². The fourth-order valence-corrected chi connectivity index (χ4v) is 4.23. The summed E-state index contributed by atoms with van der Waals surface area (Å²) in [6.45, 7) is 0.906. The predicted molar refractivity (Wildman–Crippen MR) is 89.9 cm³/mol. The van der Waals surface area contributed by atoms with E-state index in [1.54, 1.807) is 0 Å². The van der Waals surface area contributed by atoms with Gasteiger partial charge < -0.3 is 4.90 Å². The third-order valence-corrected chi connectivity index (χ3v) is 5.56. The Hall–Kier alpha value is -1.96. The zero-order valence-electron chi connectivity index (χ0n) is 15.1. The monoisotopic (exact) mass is 405 g/mol. The standard InChI is InChI=1S/C14H23N5O7S/c1-16-7-3-4-11(16)13(21)17(2)15-12(20)10-6-5-9-8-18(10)14(22)19(9)26-27(23,24)25/h9-11H,3-8H2,1-2H3,(H,15,20)(H,23,24,25)/t9-,10+,11?/m1/s1. The second kappa shape index (κ2) is 7.22. The van der Waals surface area contributed by atoms with Crippen molar-refractivity contribution in [2.45, 2.75) is 43.8 Å². The molecule has 3 rings (SSSR count). The Morgan fingerprint density at radius 2 is 1.96 bits per heavy atom. The molecule has 1 unspecified atom stereocenters. The summed E-state index contributed by atoms with van der Waals surface area (Å²) in [5.41, 5.74) is 2.51. The highest BCUT2D eigenvalue weighted by Gasteiger charge is 2.49. The summed E-state index contributed by atoms with van der Waals surface area (Å²) >= 11 is 0. The minimum atomic E-state index is -4.84. The van der Waals surface area contributed by atoms with E-state index in [4.69, 9.17) is 4.55 Å². The van der Waals surface area contributed by atoms with Crippen LogP contribution >= 0.6 is 0 Å². The van der Waals surface area contributed by atoms with Crippen molar-refractivity contribution < 1.29 is 31.6 Å². The lowest BCUT2D eigenvalue weighted by molar-refractivity contribution is -0.144. The maximum atomic E-state index is 12.6. The average Bonchev–Trinajstić information content (AvgIpc) is 3.10. The molecule has 3 atom stereocenters. The molecule has 4 amide bonds. The number of hydroxylamine groups is 2. The molecule has 3 fully saturated rings. The minimum Gasteiger partial charge on any atom is -0.309 e. The SMILES string of the molecule is CN(NC(=O)[C@@H]1CC[C@@H]2CN1C(=O)N2OS(=O)(=O)O)C(=O)C1CCCN1C. The highest BCUT2D eigenvalue weighted by molar-refractivity contribution is 7.80. The molecule has 3 aliphatic rings. The van der Waals surface area contributed by atoms with Crippen molar-refractivity contribution in [2.75, 3.05) is 27.2 Å². The van der Waals surface area contributed by atoms with Crippen LogP contribution in [-0.2, 0) is 24.3 Å². The summed E-state index contributed by atoms with van der Waals surface area (Å²) in [6, 6.07) is -2.55. The lowest BCUT2D eigenvalue weighted by Crippen LogP contribution is -2.56. The maximum Gasteiger partial charge on any atom is 0.418 e. The van der Waals surface area contributed by atoms with Crippen LogP contribution in [0.5, 0.6) is 0 Å². The van der Waals surface area contributed by atoms with Crippen molar-refractivity contribution in [3.8, 4) is 0 Å². The number of hydrogen-bond donors (Lipinski definition) is 2. The molecule has 13 heteroatoms. The summed E-state index contributed by atoms with van der Waals surface area (Å²) in [4.78, 5) is 40.5. The number of carbonyl (C=O) groups is 3. The lowest BCUT2D eigenvalue weighted by atomic mass is 10.0. The van der Waals surface area contributed by atoms with Crippen molar-refractivity contribution in [1.29, 1.82) is 0 Å². The first-order valence-electron chi connectivity index (χ1n) is 8.63. The van der Waals surface area contributed by atoms with E-state index in [0.717, 1.165) is 18.0 Å². The van der Waals surface area contributed by atoms with E-state index in [2.05, 4.69) is 9.71 Å². The van der Waals surface area contributed by atoms with Crippen LogP contribution in [0.2, 0.25) is 0 Å². The van der Waals surface area contributed by atoms with Crippen LogP contribution in [0.15, 0.2) is 0 Å². The number of likely N-dealkylation sites (tertiary alicyclic amines) is 1. The number of nitrogens with zero attached hydrogens (tertiary/aromatic N) is 4. The molecule has 3 heterocycles. The van der Waals surface area contributed by atoms with Gasteiger partial charge in [0.2, 0.25) is 0 Å². The summed E-state index contributed by atoms with van der Waals surface area (Å²) in [5.74, 6) is -0.770. The van der Waals surface area contributed by atoms with Crippen LogP contribution in [-0.4, -0.2) is 96.0 Å². The second-order valence-corrected chi connectivity index (χ2v) is 8.03. The molecule has 12 nitrogen and oxygen atoms in total. The molecule has 0 aromatic heterocycles. The summed E-state index contributed by atoms with van der Waals surface area (Å²) in [5, 5.41) is 1.71. The number of likely N-dealkylation sites (N-methyl/N-ethyl adjacent to an activating group) is 2. The van der Waals surface area contributed by atoms with E-state index < -0.39 is 34.4 Å². The molecule has 3 aliphatic heterocycles. The molecule has 0 aliphatic carbocycles. The molecule has 2 bridgehead atoms. The van der Waals surface area contributed by atoms with Crippen molar-refractivity contribution in [3.63, 3.8) is 0 Å². The number of nitrogens with one attached hydrogen (secondary N) is 1. The number of rotatable bonds is 4. The van der Waals surface area contributed by atoms with Crippen molar-refractivity contribution in [2.24, 2.45) is 0 Å².